The molecule has 1 aliphatic rings. The van der Waals surface area contributed by atoms with Crippen LogP contribution in [0.4, 0.5) is 0 Å². The number of aromatic nitrogens is 2. The molecular formula is C22H24N2. The van der Waals surface area contributed by atoms with Gasteiger partial charge in [-0.3, -0.25) is 4.98 Å². The first-order chi connectivity index (χ1) is 11.3. The zero-order valence-corrected chi connectivity index (χ0v) is 15.1. The van der Waals surface area contributed by atoms with Crippen molar-refractivity contribution in [3.63, 3.8) is 0 Å². The van der Waals surface area contributed by atoms with Crippen LogP contribution in [-0.2, 0) is 17.3 Å². The SMILES string of the molecule is Cc1cc2ncc([C@@]3(C)Cc4ccccc4C3(C)C)nc2cc1C. The molecule has 2 aromatic carbocycles. The second kappa shape index (κ2) is 4.89. The summed E-state index contributed by atoms with van der Waals surface area (Å²) in [5.74, 6) is 0. The van der Waals surface area contributed by atoms with E-state index in [1.807, 2.05) is 6.20 Å². The van der Waals surface area contributed by atoms with Gasteiger partial charge in [0.15, 0.2) is 0 Å². The van der Waals surface area contributed by atoms with Crippen molar-refractivity contribution in [2.45, 2.75) is 51.9 Å². The lowest BCUT2D eigenvalue weighted by Crippen LogP contribution is -2.40. The van der Waals surface area contributed by atoms with E-state index in [0.29, 0.717) is 0 Å². The van der Waals surface area contributed by atoms with Crippen molar-refractivity contribution in [1.29, 1.82) is 0 Å². The zero-order chi connectivity index (χ0) is 17.1. The Kier molecular flexibility index (Phi) is 3.12. The van der Waals surface area contributed by atoms with Crippen molar-refractivity contribution >= 4 is 11.0 Å². The van der Waals surface area contributed by atoms with Crippen molar-refractivity contribution in [3.8, 4) is 0 Å². The van der Waals surface area contributed by atoms with Gasteiger partial charge in [-0.25, -0.2) is 4.98 Å². The summed E-state index contributed by atoms with van der Waals surface area (Å²) in [7, 11) is 0. The summed E-state index contributed by atoms with van der Waals surface area (Å²) < 4.78 is 0. The van der Waals surface area contributed by atoms with Gasteiger partial charge in [-0.1, -0.05) is 45.0 Å². The number of fused-ring (bicyclic) bond motifs is 2. The molecule has 3 aromatic rings. The Morgan fingerprint density at radius 3 is 2.29 bits per heavy atom. The molecule has 2 heteroatoms. The Bertz CT molecular complexity index is 955. The molecule has 0 bridgehead atoms. The topological polar surface area (TPSA) is 25.8 Å². The van der Waals surface area contributed by atoms with Crippen LogP contribution < -0.4 is 0 Å². The molecule has 1 aromatic heterocycles. The van der Waals surface area contributed by atoms with Crippen molar-refractivity contribution in [2.24, 2.45) is 0 Å². The van der Waals surface area contributed by atoms with E-state index in [1.54, 1.807) is 0 Å². The fourth-order valence-electron chi connectivity index (χ4n) is 4.13. The van der Waals surface area contributed by atoms with Gasteiger partial charge in [0.2, 0.25) is 0 Å². The maximum Gasteiger partial charge on any atom is 0.0893 e. The number of hydrogen-bond donors (Lipinski definition) is 0. The first-order valence-electron chi connectivity index (χ1n) is 8.66. The van der Waals surface area contributed by atoms with E-state index in [-0.39, 0.29) is 10.8 Å². The van der Waals surface area contributed by atoms with E-state index in [9.17, 15) is 0 Å². The van der Waals surface area contributed by atoms with E-state index in [0.717, 1.165) is 23.1 Å². The van der Waals surface area contributed by atoms with Crippen LogP contribution in [0, 0.1) is 13.8 Å². The van der Waals surface area contributed by atoms with Crippen LogP contribution in [-0.4, -0.2) is 9.97 Å². The quantitative estimate of drug-likeness (QED) is 0.628. The van der Waals surface area contributed by atoms with Crippen LogP contribution in [0.2, 0.25) is 0 Å². The molecule has 0 saturated carbocycles. The molecule has 122 valence electrons. The molecule has 1 aliphatic carbocycles. The van der Waals surface area contributed by atoms with E-state index >= 15 is 0 Å². The summed E-state index contributed by atoms with van der Waals surface area (Å²) in [6.45, 7) is 11.3. The Balaban J connectivity index is 1.90. The fourth-order valence-corrected chi connectivity index (χ4v) is 4.13. The fraction of sp³-hybridized carbons (Fsp3) is 0.364. The molecule has 2 nitrogen and oxygen atoms in total. The number of hydrogen-bond acceptors (Lipinski definition) is 2. The van der Waals surface area contributed by atoms with Gasteiger partial charge < -0.3 is 0 Å². The smallest absolute Gasteiger partial charge is 0.0893 e. The van der Waals surface area contributed by atoms with Gasteiger partial charge in [-0.15, -0.1) is 0 Å². The molecule has 0 saturated heterocycles. The predicted octanol–water partition coefficient (Wildman–Crippen LogP) is 5.04. The van der Waals surface area contributed by atoms with Gasteiger partial charge >= 0.3 is 0 Å². The average Bonchev–Trinajstić information content (AvgIpc) is 2.76. The number of aryl methyl sites for hydroxylation is 2. The van der Waals surface area contributed by atoms with Crippen LogP contribution in [0.15, 0.2) is 42.6 Å². The summed E-state index contributed by atoms with van der Waals surface area (Å²) in [6, 6.07) is 13.1. The van der Waals surface area contributed by atoms with Crippen LogP contribution >= 0.6 is 0 Å². The molecule has 0 N–H and O–H groups in total. The Hall–Kier alpha value is -2.22. The lowest BCUT2D eigenvalue weighted by molar-refractivity contribution is 0.298. The van der Waals surface area contributed by atoms with Crippen molar-refractivity contribution in [2.75, 3.05) is 0 Å². The molecule has 24 heavy (non-hydrogen) atoms. The minimum atomic E-state index is -0.0450. The molecule has 1 atom stereocenters. The van der Waals surface area contributed by atoms with Crippen LogP contribution in [0.3, 0.4) is 0 Å². The zero-order valence-electron chi connectivity index (χ0n) is 15.1. The van der Waals surface area contributed by atoms with E-state index < -0.39 is 0 Å². The van der Waals surface area contributed by atoms with Crippen LogP contribution in [0.5, 0.6) is 0 Å². The normalized spacial score (nSPS) is 21.9. The van der Waals surface area contributed by atoms with Gasteiger partial charge in [0.1, 0.15) is 0 Å². The van der Waals surface area contributed by atoms with Crippen LogP contribution in [0.25, 0.3) is 11.0 Å². The van der Waals surface area contributed by atoms with Gasteiger partial charge in [-0.2, -0.15) is 0 Å². The minimum absolute atomic E-state index is 0.0334. The highest BCUT2D eigenvalue weighted by Gasteiger charge is 2.50. The van der Waals surface area contributed by atoms with Gasteiger partial charge in [0.25, 0.3) is 0 Å². The second-order valence-electron chi connectivity index (χ2n) is 7.97. The molecule has 0 spiro atoms. The number of benzene rings is 2. The number of nitrogens with zero attached hydrogens (tertiary/aromatic N) is 2. The lowest BCUT2D eigenvalue weighted by atomic mass is 9.65. The highest BCUT2D eigenvalue weighted by Crippen LogP contribution is 2.52. The van der Waals surface area contributed by atoms with Crippen molar-refractivity contribution in [3.05, 3.63) is 70.5 Å². The third kappa shape index (κ3) is 1.95. The first-order valence-corrected chi connectivity index (χ1v) is 8.66. The summed E-state index contributed by atoms with van der Waals surface area (Å²) in [4.78, 5) is 9.79. The van der Waals surface area contributed by atoms with Gasteiger partial charge in [-0.05, 0) is 54.7 Å². The first kappa shape index (κ1) is 15.3. The monoisotopic (exact) mass is 316 g/mol. The third-order valence-electron chi connectivity index (χ3n) is 6.34. The number of rotatable bonds is 1. The molecule has 4 rings (SSSR count). The highest BCUT2D eigenvalue weighted by atomic mass is 14.8. The Labute approximate surface area is 144 Å². The van der Waals surface area contributed by atoms with E-state index in [1.165, 1.54) is 22.3 Å². The highest BCUT2D eigenvalue weighted by molar-refractivity contribution is 5.76. The summed E-state index contributed by atoms with van der Waals surface area (Å²) in [5.41, 5.74) is 8.49. The largest absolute Gasteiger partial charge is 0.253 e. The standard InChI is InChI=1S/C22H24N2/c1-14-10-18-19(11-15(14)2)24-20(13-23-18)22(5)12-16-8-6-7-9-17(16)21(22,3)4/h6-11,13H,12H2,1-5H3/t22-/m1/s1. The minimum Gasteiger partial charge on any atom is -0.253 e. The van der Waals surface area contributed by atoms with Crippen molar-refractivity contribution < 1.29 is 0 Å². The Morgan fingerprint density at radius 2 is 1.58 bits per heavy atom. The maximum absolute atomic E-state index is 5.05. The summed E-state index contributed by atoms with van der Waals surface area (Å²) >= 11 is 0. The van der Waals surface area contributed by atoms with E-state index in [2.05, 4.69) is 71.0 Å². The molecule has 1 heterocycles. The molecule has 0 unspecified atom stereocenters. The summed E-state index contributed by atoms with van der Waals surface area (Å²) in [5, 5.41) is 0. The van der Waals surface area contributed by atoms with Crippen LogP contribution in [0.1, 0.15) is 48.7 Å². The molecule has 0 radical (unpaired) electrons. The molecule has 0 amide bonds. The van der Waals surface area contributed by atoms with Crippen molar-refractivity contribution in [1.82, 2.24) is 9.97 Å². The average molecular weight is 316 g/mol. The molecule has 0 aliphatic heterocycles. The van der Waals surface area contributed by atoms with E-state index in [4.69, 9.17) is 9.97 Å². The second-order valence-corrected chi connectivity index (χ2v) is 7.97. The summed E-state index contributed by atoms with van der Waals surface area (Å²) in [6.07, 6.45) is 3.01. The molecule has 0 fully saturated rings. The van der Waals surface area contributed by atoms with Gasteiger partial charge in [0.05, 0.1) is 16.7 Å². The Morgan fingerprint density at radius 1 is 0.917 bits per heavy atom. The third-order valence-corrected chi connectivity index (χ3v) is 6.34. The maximum atomic E-state index is 5.05. The lowest BCUT2D eigenvalue weighted by Gasteiger charge is -2.38. The predicted molar refractivity (Wildman–Crippen MR) is 99.5 cm³/mol. The van der Waals surface area contributed by atoms with Gasteiger partial charge in [0, 0.05) is 17.0 Å². The molecular weight excluding hydrogens is 292 g/mol.